The third-order valence-corrected chi connectivity index (χ3v) is 5.17. The van der Waals surface area contributed by atoms with Crippen molar-refractivity contribution in [1.29, 1.82) is 5.41 Å². The van der Waals surface area contributed by atoms with Crippen LogP contribution in [0.3, 0.4) is 0 Å². The van der Waals surface area contributed by atoms with E-state index in [9.17, 15) is 22.8 Å². The molecule has 0 saturated heterocycles. The van der Waals surface area contributed by atoms with Crippen LogP contribution in [0.2, 0.25) is 0 Å². The van der Waals surface area contributed by atoms with Gasteiger partial charge in [0.2, 0.25) is 0 Å². The van der Waals surface area contributed by atoms with Crippen molar-refractivity contribution in [2.24, 2.45) is 5.73 Å². The summed E-state index contributed by atoms with van der Waals surface area (Å²) in [4.78, 5) is 36.7. The number of hydrogen-bond donors (Lipinski definition) is 4. The summed E-state index contributed by atoms with van der Waals surface area (Å²) >= 11 is 0. The van der Waals surface area contributed by atoms with Crippen LogP contribution in [0.5, 0.6) is 5.75 Å². The molecule has 11 nitrogen and oxygen atoms in total. The van der Waals surface area contributed by atoms with Crippen LogP contribution in [0.4, 0.5) is 5.69 Å². The highest BCUT2D eigenvalue weighted by atomic mass is 32.2. The molecule has 1 amide bonds. The van der Waals surface area contributed by atoms with E-state index in [2.05, 4.69) is 9.50 Å². The molecule has 36 heavy (non-hydrogen) atoms. The SMILES string of the molecule is CS(=O)(=O)OC(=O)c1ccccc1-c1ccc(OCC(=O)O)cc1C(=O)Nc1ccc(C(=N)N)cc1. The number of hydrogen-bond acceptors (Lipinski definition) is 8. The largest absolute Gasteiger partial charge is 0.482 e. The zero-order chi connectivity index (χ0) is 26.5. The second-order valence-electron chi connectivity index (χ2n) is 7.46. The molecule has 0 aromatic heterocycles. The molecule has 0 unspecified atom stereocenters. The fraction of sp³-hybridized carbons (Fsp3) is 0.0833. The van der Waals surface area contributed by atoms with E-state index >= 15 is 0 Å². The van der Waals surface area contributed by atoms with Crippen LogP contribution in [0.1, 0.15) is 26.3 Å². The Morgan fingerprint density at radius 1 is 0.972 bits per heavy atom. The Bertz CT molecular complexity index is 1450. The molecule has 0 aliphatic heterocycles. The third-order valence-electron chi connectivity index (χ3n) is 4.72. The zero-order valence-corrected chi connectivity index (χ0v) is 19.7. The van der Waals surface area contributed by atoms with E-state index in [1.807, 2.05) is 0 Å². The number of rotatable bonds is 9. The Balaban J connectivity index is 2.06. The van der Waals surface area contributed by atoms with Crippen molar-refractivity contribution in [1.82, 2.24) is 0 Å². The number of ether oxygens (including phenoxy) is 1. The molecule has 0 saturated carbocycles. The van der Waals surface area contributed by atoms with E-state index in [0.29, 0.717) is 11.3 Å². The zero-order valence-electron chi connectivity index (χ0n) is 18.8. The number of benzene rings is 3. The topological polar surface area (TPSA) is 186 Å². The van der Waals surface area contributed by atoms with Gasteiger partial charge >= 0.3 is 22.1 Å². The van der Waals surface area contributed by atoms with E-state index in [1.54, 1.807) is 18.2 Å². The number of anilines is 1. The molecular formula is C24H21N3O8S. The van der Waals surface area contributed by atoms with Crippen LogP contribution in [0.15, 0.2) is 66.7 Å². The maximum absolute atomic E-state index is 13.3. The van der Waals surface area contributed by atoms with Crippen molar-refractivity contribution in [3.63, 3.8) is 0 Å². The molecule has 186 valence electrons. The van der Waals surface area contributed by atoms with E-state index in [4.69, 9.17) is 21.0 Å². The maximum atomic E-state index is 13.3. The normalized spacial score (nSPS) is 10.8. The van der Waals surface area contributed by atoms with Crippen LogP contribution in [-0.2, 0) is 19.1 Å². The third kappa shape index (κ3) is 6.67. The molecule has 0 bridgehead atoms. The van der Waals surface area contributed by atoms with Crippen molar-refractivity contribution in [3.05, 3.63) is 83.4 Å². The lowest BCUT2D eigenvalue weighted by atomic mass is 9.94. The van der Waals surface area contributed by atoms with Crippen LogP contribution in [-0.4, -0.2) is 50.1 Å². The summed E-state index contributed by atoms with van der Waals surface area (Å²) in [6.45, 7) is -0.649. The lowest BCUT2D eigenvalue weighted by Gasteiger charge is -2.15. The van der Waals surface area contributed by atoms with Crippen molar-refractivity contribution in [2.75, 3.05) is 18.2 Å². The predicted octanol–water partition coefficient (Wildman–Crippen LogP) is 2.47. The minimum absolute atomic E-state index is 0.00754. The summed E-state index contributed by atoms with van der Waals surface area (Å²) in [5.41, 5.74) is 6.61. The summed E-state index contributed by atoms with van der Waals surface area (Å²) in [5, 5.41) is 19.1. The second-order valence-corrected chi connectivity index (χ2v) is 9.03. The Morgan fingerprint density at radius 3 is 2.22 bits per heavy atom. The molecular weight excluding hydrogens is 490 g/mol. The van der Waals surface area contributed by atoms with Gasteiger partial charge in [-0.3, -0.25) is 10.2 Å². The number of carbonyl (C=O) groups is 3. The summed E-state index contributed by atoms with van der Waals surface area (Å²) in [6.07, 6.45) is 0.734. The number of amides is 1. The van der Waals surface area contributed by atoms with Gasteiger partial charge in [0.05, 0.1) is 17.4 Å². The van der Waals surface area contributed by atoms with E-state index in [-0.39, 0.29) is 33.8 Å². The van der Waals surface area contributed by atoms with Gasteiger partial charge in [-0.2, -0.15) is 8.42 Å². The van der Waals surface area contributed by atoms with Gasteiger partial charge in [0.15, 0.2) is 6.61 Å². The van der Waals surface area contributed by atoms with Gasteiger partial charge in [-0.25, -0.2) is 9.59 Å². The number of amidine groups is 1. The molecule has 0 heterocycles. The fourth-order valence-electron chi connectivity index (χ4n) is 3.19. The quantitative estimate of drug-likeness (QED) is 0.190. The Kier molecular flexibility index (Phi) is 7.70. The standard InChI is InChI=1S/C24H21N3O8S/c1-36(32,33)35-24(31)19-5-3-2-4-17(19)18-11-10-16(34-13-21(28)29)12-20(18)23(30)27-15-8-6-14(7-9-15)22(25)26/h2-12H,13H2,1H3,(H3,25,26)(H,27,30)(H,28,29). The molecule has 3 aromatic rings. The molecule has 0 spiro atoms. The van der Waals surface area contributed by atoms with Gasteiger partial charge < -0.3 is 25.1 Å². The van der Waals surface area contributed by atoms with Crippen molar-refractivity contribution >= 4 is 39.5 Å². The van der Waals surface area contributed by atoms with Gasteiger partial charge in [0.1, 0.15) is 11.6 Å². The van der Waals surface area contributed by atoms with Crippen LogP contribution in [0.25, 0.3) is 11.1 Å². The minimum atomic E-state index is -4.10. The summed E-state index contributed by atoms with van der Waals surface area (Å²) in [6, 6.07) is 16.3. The monoisotopic (exact) mass is 511 g/mol. The summed E-state index contributed by atoms with van der Waals surface area (Å²) < 4.78 is 32.7. The first kappa shape index (κ1) is 25.9. The molecule has 3 aromatic carbocycles. The predicted molar refractivity (Wildman–Crippen MR) is 131 cm³/mol. The summed E-state index contributed by atoms with van der Waals surface area (Å²) in [5.74, 6) is -3.05. The molecule has 0 radical (unpaired) electrons. The number of nitrogens with two attached hydrogens (primary N) is 1. The first-order valence-corrected chi connectivity index (χ1v) is 12.0. The van der Waals surface area contributed by atoms with Gasteiger partial charge in [0, 0.05) is 11.3 Å². The number of carbonyl (C=O) groups excluding carboxylic acids is 2. The molecule has 5 N–H and O–H groups in total. The van der Waals surface area contributed by atoms with E-state index in [0.717, 1.165) is 6.26 Å². The number of carboxylic acid groups (broad SMARTS) is 1. The highest BCUT2D eigenvalue weighted by Crippen LogP contribution is 2.31. The second kappa shape index (κ2) is 10.7. The number of nitrogen functional groups attached to an aromatic ring is 1. The van der Waals surface area contributed by atoms with Crippen molar-refractivity contribution in [3.8, 4) is 16.9 Å². The summed E-state index contributed by atoms with van der Waals surface area (Å²) in [7, 11) is -4.10. The average Bonchev–Trinajstić information content (AvgIpc) is 2.82. The number of nitrogens with one attached hydrogen (secondary N) is 2. The van der Waals surface area contributed by atoms with Gasteiger partial charge in [-0.1, -0.05) is 18.2 Å². The van der Waals surface area contributed by atoms with E-state index in [1.165, 1.54) is 48.5 Å². The number of aliphatic carboxylic acids is 1. The molecule has 12 heteroatoms. The van der Waals surface area contributed by atoms with Gasteiger partial charge in [-0.15, -0.1) is 0 Å². The smallest absolute Gasteiger partial charge is 0.354 e. The Morgan fingerprint density at radius 2 is 1.61 bits per heavy atom. The lowest BCUT2D eigenvalue weighted by Crippen LogP contribution is -2.16. The Labute approximate surface area is 206 Å². The average molecular weight is 512 g/mol. The van der Waals surface area contributed by atoms with Crippen LogP contribution >= 0.6 is 0 Å². The molecule has 0 atom stereocenters. The lowest BCUT2D eigenvalue weighted by molar-refractivity contribution is -0.139. The van der Waals surface area contributed by atoms with Gasteiger partial charge in [0.25, 0.3) is 5.91 Å². The van der Waals surface area contributed by atoms with Crippen LogP contribution in [0, 0.1) is 5.41 Å². The molecule has 0 aliphatic rings. The fourth-order valence-corrected chi connectivity index (χ4v) is 3.56. The highest BCUT2D eigenvalue weighted by molar-refractivity contribution is 7.86. The number of carboxylic acids is 1. The molecule has 3 rings (SSSR count). The highest BCUT2D eigenvalue weighted by Gasteiger charge is 2.22. The first-order valence-electron chi connectivity index (χ1n) is 10.2. The van der Waals surface area contributed by atoms with Crippen molar-refractivity contribution in [2.45, 2.75) is 0 Å². The van der Waals surface area contributed by atoms with Gasteiger partial charge in [-0.05, 0) is 59.7 Å². The maximum Gasteiger partial charge on any atom is 0.354 e. The van der Waals surface area contributed by atoms with E-state index < -0.39 is 34.6 Å². The van der Waals surface area contributed by atoms with Crippen LogP contribution < -0.4 is 15.8 Å². The first-order chi connectivity index (χ1) is 16.9. The Hall–Kier alpha value is -4.71. The molecule has 0 aliphatic carbocycles. The van der Waals surface area contributed by atoms with Crippen molar-refractivity contribution < 1.29 is 36.8 Å². The molecule has 0 fully saturated rings. The minimum Gasteiger partial charge on any atom is -0.482 e.